The van der Waals surface area contributed by atoms with Crippen molar-refractivity contribution in [2.75, 3.05) is 0 Å². The number of rotatable bonds is 7. The Morgan fingerprint density at radius 3 is 2.13 bits per heavy atom. The zero-order chi connectivity index (χ0) is 22.7. The van der Waals surface area contributed by atoms with E-state index in [4.69, 9.17) is 13.9 Å². The van der Waals surface area contributed by atoms with E-state index < -0.39 is 22.5 Å². The van der Waals surface area contributed by atoms with Crippen molar-refractivity contribution >= 4 is 16.4 Å². The number of aliphatic hydroxyl groups excluding tert-OH is 1. The molecule has 0 aromatic heterocycles. The van der Waals surface area contributed by atoms with Crippen molar-refractivity contribution in [3.05, 3.63) is 12.2 Å². The van der Waals surface area contributed by atoms with Crippen molar-refractivity contribution in [3.8, 4) is 11.5 Å². The van der Waals surface area contributed by atoms with Crippen molar-refractivity contribution in [1.29, 1.82) is 0 Å². The molecule has 0 radical (unpaired) electrons. The SMILES string of the molecule is CC/C=C/CC(O[Si](C)(C)C(C)(C)C)C1CC2OC(C(O)C#C[Si](C)(C)C)CC2O1. The smallest absolute Gasteiger partial charge is 0.192 e. The van der Waals surface area contributed by atoms with E-state index in [1.165, 1.54) is 0 Å². The van der Waals surface area contributed by atoms with Crippen molar-refractivity contribution in [1.82, 2.24) is 0 Å². The first-order chi connectivity index (χ1) is 13.7. The molecule has 0 aromatic carbocycles. The normalized spacial score (nSPS) is 29.5. The summed E-state index contributed by atoms with van der Waals surface area (Å²) in [5.41, 5.74) is 3.25. The Morgan fingerprint density at radius 2 is 1.60 bits per heavy atom. The summed E-state index contributed by atoms with van der Waals surface area (Å²) in [7, 11) is -3.41. The summed E-state index contributed by atoms with van der Waals surface area (Å²) in [4.78, 5) is 0. The summed E-state index contributed by atoms with van der Waals surface area (Å²) >= 11 is 0. The Balaban J connectivity index is 2.02. The molecule has 4 nitrogen and oxygen atoms in total. The zero-order valence-electron chi connectivity index (χ0n) is 20.6. The van der Waals surface area contributed by atoms with Crippen LogP contribution in [0.5, 0.6) is 0 Å². The van der Waals surface area contributed by atoms with Crippen LogP contribution in [0, 0.1) is 11.5 Å². The molecular formula is C24H44O4Si2. The molecule has 2 heterocycles. The minimum Gasteiger partial charge on any atom is -0.411 e. The Labute approximate surface area is 186 Å². The van der Waals surface area contributed by atoms with E-state index in [0.717, 1.165) is 19.3 Å². The van der Waals surface area contributed by atoms with Crippen molar-refractivity contribution in [3.63, 3.8) is 0 Å². The molecule has 0 spiro atoms. The third-order valence-electron chi connectivity index (χ3n) is 6.43. The lowest BCUT2D eigenvalue weighted by atomic mass is 10.0. The number of hydrogen-bond acceptors (Lipinski definition) is 4. The van der Waals surface area contributed by atoms with E-state index in [-0.39, 0.29) is 35.6 Å². The molecule has 1 N–H and O–H groups in total. The largest absolute Gasteiger partial charge is 0.411 e. The summed E-state index contributed by atoms with van der Waals surface area (Å²) in [6.45, 7) is 20.1. The van der Waals surface area contributed by atoms with E-state index in [2.05, 4.69) is 84.0 Å². The molecular weight excluding hydrogens is 408 g/mol. The van der Waals surface area contributed by atoms with Crippen LogP contribution in [0.1, 0.15) is 53.4 Å². The van der Waals surface area contributed by atoms with Crippen LogP contribution in [0.15, 0.2) is 12.2 Å². The van der Waals surface area contributed by atoms with Crippen LogP contribution in [0.2, 0.25) is 37.8 Å². The van der Waals surface area contributed by atoms with Gasteiger partial charge in [0.05, 0.1) is 30.5 Å². The molecule has 6 heteroatoms. The highest BCUT2D eigenvalue weighted by Gasteiger charge is 2.49. The summed E-state index contributed by atoms with van der Waals surface area (Å²) < 4.78 is 19.4. The van der Waals surface area contributed by atoms with E-state index in [0.29, 0.717) is 6.42 Å². The number of aliphatic hydroxyl groups is 1. The zero-order valence-corrected chi connectivity index (χ0v) is 22.6. The van der Waals surface area contributed by atoms with E-state index in [1.54, 1.807) is 0 Å². The summed E-state index contributed by atoms with van der Waals surface area (Å²) in [5, 5.41) is 10.6. The van der Waals surface area contributed by atoms with Crippen molar-refractivity contribution in [2.24, 2.45) is 0 Å². The Morgan fingerprint density at radius 1 is 1.03 bits per heavy atom. The van der Waals surface area contributed by atoms with Gasteiger partial charge in [0.15, 0.2) is 8.32 Å². The first-order valence-electron chi connectivity index (χ1n) is 11.6. The van der Waals surface area contributed by atoms with Crippen LogP contribution >= 0.6 is 0 Å². The lowest BCUT2D eigenvalue weighted by Crippen LogP contribution is -2.47. The molecule has 172 valence electrons. The van der Waals surface area contributed by atoms with Gasteiger partial charge < -0.3 is 19.0 Å². The molecule has 0 aliphatic carbocycles. The van der Waals surface area contributed by atoms with Gasteiger partial charge in [-0.2, -0.15) is 0 Å². The number of fused-ring (bicyclic) bond motifs is 1. The fourth-order valence-corrected chi connectivity index (χ4v) is 5.60. The molecule has 2 fully saturated rings. The Bertz CT molecular complexity index is 637. The summed E-state index contributed by atoms with van der Waals surface area (Å²) in [6, 6.07) is 0. The second-order valence-corrected chi connectivity index (χ2v) is 20.9. The topological polar surface area (TPSA) is 47.9 Å². The Kier molecular flexibility index (Phi) is 8.62. The minimum atomic E-state index is -1.90. The molecule has 2 aliphatic heterocycles. The maximum Gasteiger partial charge on any atom is 0.192 e. The highest BCUT2D eigenvalue weighted by molar-refractivity contribution is 6.83. The lowest BCUT2D eigenvalue weighted by molar-refractivity contribution is -0.0322. The van der Waals surface area contributed by atoms with Crippen LogP contribution in [0.3, 0.4) is 0 Å². The second kappa shape index (κ2) is 10.0. The van der Waals surface area contributed by atoms with Crippen LogP contribution in [-0.2, 0) is 13.9 Å². The van der Waals surface area contributed by atoms with Crippen LogP contribution in [0.4, 0.5) is 0 Å². The van der Waals surface area contributed by atoms with Crippen LogP contribution in [-0.4, -0.2) is 58.1 Å². The average molecular weight is 453 g/mol. The maximum absolute atomic E-state index is 10.5. The van der Waals surface area contributed by atoms with Gasteiger partial charge >= 0.3 is 0 Å². The standard InChI is InChI=1S/C24H44O4Si2/c1-10-11-12-13-19(28-30(8,9)24(2,3)4)21-17-23-22(27-21)16-20(26-23)18(25)14-15-29(5,6)7/h11-12,18-23,25H,10,13,16-17H2,1-9H3/b12-11+. The minimum absolute atomic E-state index is 0.0315. The van der Waals surface area contributed by atoms with Gasteiger partial charge in [-0.1, -0.05) is 65.4 Å². The molecule has 0 amide bonds. The van der Waals surface area contributed by atoms with Crippen molar-refractivity contribution < 1.29 is 19.0 Å². The van der Waals surface area contributed by atoms with E-state index >= 15 is 0 Å². The van der Waals surface area contributed by atoms with Crippen molar-refractivity contribution in [2.45, 2.75) is 128 Å². The number of allylic oxidation sites excluding steroid dienone is 1. The van der Waals surface area contributed by atoms with Gasteiger partial charge in [0.2, 0.25) is 0 Å². The number of ether oxygens (including phenoxy) is 2. The highest BCUT2D eigenvalue weighted by atomic mass is 28.4. The fourth-order valence-electron chi connectivity index (χ4n) is 3.66. The first kappa shape index (κ1) is 25.8. The van der Waals surface area contributed by atoms with Crippen LogP contribution in [0.25, 0.3) is 0 Å². The van der Waals surface area contributed by atoms with Gasteiger partial charge in [-0.05, 0) is 31.0 Å². The molecule has 6 unspecified atom stereocenters. The fraction of sp³-hybridized carbons (Fsp3) is 0.833. The van der Waals surface area contributed by atoms with Gasteiger partial charge in [-0.3, -0.25) is 0 Å². The third-order valence-corrected chi connectivity index (χ3v) is 11.8. The molecule has 2 rings (SSSR count). The molecule has 30 heavy (non-hydrogen) atoms. The highest BCUT2D eigenvalue weighted by Crippen LogP contribution is 2.41. The molecule has 2 aliphatic rings. The second-order valence-electron chi connectivity index (χ2n) is 11.4. The lowest BCUT2D eigenvalue weighted by Gasteiger charge is -2.40. The van der Waals surface area contributed by atoms with Gasteiger partial charge in [0, 0.05) is 12.8 Å². The maximum atomic E-state index is 10.5. The number of hydrogen-bond donors (Lipinski definition) is 1. The van der Waals surface area contributed by atoms with Crippen LogP contribution < -0.4 is 0 Å². The predicted molar refractivity (Wildman–Crippen MR) is 130 cm³/mol. The molecule has 0 aromatic rings. The summed E-state index contributed by atoms with van der Waals surface area (Å²) in [6.07, 6.45) is 7.07. The molecule has 0 saturated carbocycles. The predicted octanol–water partition coefficient (Wildman–Crippen LogP) is 5.29. The van der Waals surface area contributed by atoms with Gasteiger partial charge in [0.1, 0.15) is 14.2 Å². The van der Waals surface area contributed by atoms with Gasteiger partial charge in [-0.15, -0.1) is 5.54 Å². The van der Waals surface area contributed by atoms with E-state index in [1.807, 2.05) is 0 Å². The quantitative estimate of drug-likeness (QED) is 0.324. The van der Waals surface area contributed by atoms with E-state index in [9.17, 15) is 5.11 Å². The third kappa shape index (κ3) is 7.04. The van der Waals surface area contributed by atoms with Gasteiger partial charge in [-0.25, -0.2) is 0 Å². The van der Waals surface area contributed by atoms with Gasteiger partial charge in [0.25, 0.3) is 0 Å². The molecule has 6 atom stereocenters. The Hall–Kier alpha value is -0.426. The molecule has 0 bridgehead atoms. The average Bonchev–Trinajstić information content (AvgIpc) is 3.16. The summed E-state index contributed by atoms with van der Waals surface area (Å²) in [5.74, 6) is 3.03. The molecule has 2 saturated heterocycles. The monoisotopic (exact) mass is 452 g/mol. The first-order valence-corrected chi connectivity index (χ1v) is 18.0.